The second-order valence-electron chi connectivity index (χ2n) is 3.96. The van der Waals surface area contributed by atoms with Crippen molar-refractivity contribution < 1.29 is 14.8 Å². The number of carboxylic acids is 1. The molecular weight excluding hydrogens is 262 g/mol. The molecule has 7 heteroatoms. The Morgan fingerprint density at radius 1 is 1.45 bits per heavy atom. The minimum Gasteiger partial charge on any atom is -0.481 e. The highest BCUT2D eigenvalue weighted by molar-refractivity contribution is 5.71. The molecule has 0 amide bonds. The second-order valence-corrected chi connectivity index (χ2v) is 3.96. The van der Waals surface area contributed by atoms with E-state index < -0.39 is 10.9 Å². The predicted octanol–water partition coefficient (Wildman–Crippen LogP) is 2.27. The molecule has 1 heterocycles. The van der Waals surface area contributed by atoms with E-state index in [2.05, 4.69) is 4.98 Å². The first-order valence-corrected chi connectivity index (χ1v) is 5.74. The van der Waals surface area contributed by atoms with Gasteiger partial charge >= 0.3 is 11.8 Å². The zero-order valence-electron chi connectivity index (χ0n) is 10.3. The van der Waals surface area contributed by atoms with Crippen LogP contribution in [0, 0.1) is 10.1 Å². The number of benzene rings is 1. The van der Waals surface area contributed by atoms with Gasteiger partial charge in [-0.3, -0.25) is 9.36 Å². The molecule has 0 atom stereocenters. The van der Waals surface area contributed by atoms with Crippen LogP contribution < -0.4 is 0 Å². The zero-order valence-corrected chi connectivity index (χ0v) is 10.3. The number of carboxylic acid groups (broad SMARTS) is 1. The maximum Gasteiger partial charge on any atom is 0.381 e. The third-order valence-corrected chi connectivity index (χ3v) is 2.56. The van der Waals surface area contributed by atoms with Crippen molar-refractivity contribution in [3.63, 3.8) is 0 Å². The molecule has 0 saturated heterocycles. The molecule has 102 valence electrons. The van der Waals surface area contributed by atoms with Crippen LogP contribution in [0.3, 0.4) is 0 Å². The Morgan fingerprint density at radius 2 is 2.20 bits per heavy atom. The topological polar surface area (TPSA) is 98.3 Å². The van der Waals surface area contributed by atoms with Crippen LogP contribution in [0.4, 0.5) is 5.82 Å². The number of nitro groups is 1. The number of imidazole rings is 1. The lowest BCUT2D eigenvalue weighted by Crippen LogP contribution is -1.94. The van der Waals surface area contributed by atoms with E-state index in [0.717, 1.165) is 5.56 Å². The van der Waals surface area contributed by atoms with Crippen LogP contribution in [0.15, 0.2) is 42.9 Å². The van der Waals surface area contributed by atoms with Crippen LogP contribution in [-0.4, -0.2) is 25.6 Å². The number of aliphatic carboxylic acids is 1. The van der Waals surface area contributed by atoms with Gasteiger partial charge in [-0.1, -0.05) is 30.4 Å². The number of aromatic nitrogens is 2. The Kier molecular flexibility index (Phi) is 3.90. The molecule has 0 aliphatic rings. The molecular formula is C13H11N3O4. The standard InChI is InChI=1S/C13H11N3O4/c17-13(18)7-3-5-10-4-1-2-6-11(10)15-8-12(14-9-15)16(19)20/h1-6,8-9H,7H2,(H,17,18)/b5-3+. The van der Waals surface area contributed by atoms with Crippen molar-refractivity contribution in [2.75, 3.05) is 0 Å². The number of carbonyl (C=O) groups is 1. The molecule has 0 unspecified atom stereocenters. The summed E-state index contributed by atoms with van der Waals surface area (Å²) in [5.74, 6) is -1.16. The lowest BCUT2D eigenvalue weighted by Gasteiger charge is -2.04. The lowest BCUT2D eigenvalue weighted by molar-refractivity contribution is -0.389. The third-order valence-electron chi connectivity index (χ3n) is 2.56. The van der Waals surface area contributed by atoms with Gasteiger partial charge < -0.3 is 15.2 Å². The first-order chi connectivity index (χ1) is 9.58. The van der Waals surface area contributed by atoms with Crippen LogP contribution >= 0.6 is 0 Å². The average molecular weight is 273 g/mol. The van der Waals surface area contributed by atoms with Crippen molar-refractivity contribution in [2.24, 2.45) is 0 Å². The Hall–Kier alpha value is -2.96. The normalized spacial score (nSPS) is 10.8. The van der Waals surface area contributed by atoms with Gasteiger partial charge in [-0.25, -0.2) is 0 Å². The van der Waals surface area contributed by atoms with E-state index >= 15 is 0 Å². The highest BCUT2D eigenvalue weighted by Crippen LogP contribution is 2.18. The Morgan fingerprint density at radius 3 is 2.85 bits per heavy atom. The summed E-state index contributed by atoms with van der Waals surface area (Å²) in [5, 5.41) is 19.2. The molecule has 0 saturated carbocycles. The van der Waals surface area contributed by atoms with Crippen molar-refractivity contribution >= 4 is 17.9 Å². The molecule has 0 aliphatic carbocycles. The van der Waals surface area contributed by atoms with Crippen molar-refractivity contribution in [1.29, 1.82) is 0 Å². The van der Waals surface area contributed by atoms with Crippen molar-refractivity contribution in [3.05, 3.63) is 58.5 Å². The van der Waals surface area contributed by atoms with E-state index in [1.54, 1.807) is 30.3 Å². The molecule has 0 radical (unpaired) electrons. The molecule has 1 N–H and O–H groups in total. The third kappa shape index (κ3) is 3.08. The van der Waals surface area contributed by atoms with E-state index in [9.17, 15) is 14.9 Å². The van der Waals surface area contributed by atoms with Gasteiger partial charge in [-0.05, 0) is 21.5 Å². The number of rotatable bonds is 5. The molecule has 20 heavy (non-hydrogen) atoms. The van der Waals surface area contributed by atoms with E-state index in [4.69, 9.17) is 5.11 Å². The molecule has 2 aromatic rings. The predicted molar refractivity (Wildman–Crippen MR) is 71.5 cm³/mol. The zero-order chi connectivity index (χ0) is 14.5. The molecule has 0 fully saturated rings. The molecule has 7 nitrogen and oxygen atoms in total. The first kappa shape index (κ1) is 13.5. The SMILES string of the molecule is O=C(O)C/C=C/c1ccccc1-n1cnc([N+](=O)[O-])c1. The number of para-hydroxylation sites is 1. The van der Waals surface area contributed by atoms with E-state index in [1.807, 2.05) is 0 Å². The summed E-state index contributed by atoms with van der Waals surface area (Å²) < 4.78 is 1.53. The summed E-state index contributed by atoms with van der Waals surface area (Å²) in [6.07, 6.45) is 5.76. The fourth-order valence-electron chi connectivity index (χ4n) is 1.69. The molecule has 2 rings (SSSR count). The van der Waals surface area contributed by atoms with Crippen LogP contribution in [0.5, 0.6) is 0 Å². The molecule has 0 bridgehead atoms. The van der Waals surface area contributed by atoms with Gasteiger partial charge in [0.1, 0.15) is 6.20 Å². The number of nitrogens with zero attached hydrogens (tertiary/aromatic N) is 3. The quantitative estimate of drug-likeness (QED) is 0.665. The second kappa shape index (κ2) is 5.79. The van der Waals surface area contributed by atoms with Crippen LogP contribution in [0.2, 0.25) is 0 Å². The van der Waals surface area contributed by atoms with Crippen molar-refractivity contribution in [3.8, 4) is 5.69 Å². The number of hydrogen-bond donors (Lipinski definition) is 1. The van der Waals surface area contributed by atoms with Gasteiger partial charge in [-0.2, -0.15) is 0 Å². The van der Waals surface area contributed by atoms with E-state index in [-0.39, 0.29) is 12.2 Å². The van der Waals surface area contributed by atoms with Gasteiger partial charge in [0.25, 0.3) is 0 Å². The molecule has 1 aromatic carbocycles. The van der Waals surface area contributed by atoms with Gasteiger partial charge in [0, 0.05) is 0 Å². The summed E-state index contributed by atoms with van der Waals surface area (Å²) in [6.45, 7) is 0. The van der Waals surface area contributed by atoms with Crippen LogP contribution in [0.1, 0.15) is 12.0 Å². The lowest BCUT2D eigenvalue weighted by atomic mass is 10.1. The van der Waals surface area contributed by atoms with Gasteiger partial charge in [-0.15, -0.1) is 0 Å². The fourth-order valence-corrected chi connectivity index (χ4v) is 1.69. The highest BCUT2D eigenvalue weighted by Gasteiger charge is 2.12. The summed E-state index contributed by atoms with van der Waals surface area (Å²) in [6, 6.07) is 7.15. The van der Waals surface area contributed by atoms with Crippen LogP contribution in [0.25, 0.3) is 11.8 Å². The van der Waals surface area contributed by atoms with Crippen molar-refractivity contribution in [1.82, 2.24) is 9.55 Å². The fraction of sp³-hybridized carbons (Fsp3) is 0.0769. The van der Waals surface area contributed by atoms with E-state index in [0.29, 0.717) is 5.69 Å². The summed E-state index contributed by atoms with van der Waals surface area (Å²) in [7, 11) is 0. The average Bonchev–Trinajstić information content (AvgIpc) is 2.88. The summed E-state index contributed by atoms with van der Waals surface area (Å²) >= 11 is 0. The maximum absolute atomic E-state index is 10.6. The summed E-state index contributed by atoms with van der Waals surface area (Å²) in [5.41, 5.74) is 1.44. The largest absolute Gasteiger partial charge is 0.481 e. The van der Waals surface area contributed by atoms with Gasteiger partial charge in [0.2, 0.25) is 6.33 Å². The monoisotopic (exact) mass is 273 g/mol. The minimum atomic E-state index is -0.919. The van der Waals surface area contributed by atoms with Crippen molar-refractivity contribution in [2.45, 2.75) is 6.42 Å². The highest BCUT2D eigenvalue weighted by atomic mass is 16.6. The maximum atomic E-state index is 10.6. The first-order valence-electron chi connectivity index (χ1n) is 5.74. The molecule has 1 aromatic heterocycles. The minimum absolute atomic E-state index is 0.0849. The Labute approximate surface area is 114 Å². The number of hydrogen-bond acceptors (Lipinski definition) is 4. The Bertz CT molecular complexity index is 676. The van der Waals surface area contributed by atoms with Gasteiger partial charge in [0.05, 0.1) is 12.1 Å². The van der Waals surface area contributed by atoms with Crippen LogP contribution in [-0.2, 0) is 4.79 Å². The smallest absolute Gasteiger partial charge is 0.381 e. The van der Waals surface area contributed by atoms with E-state index in [1.165, 1.54) is 23.2 Å². The Balaban J connectivity index is 2.33. The molecule has 0 spiro atoms. The molecule has 0 aliphatic heterocycles. The summed E-state index contributed by atoms with van der Waals surface area (Å²) in [4.78, 5) is 24.2. The van der Waals surface area contributed by atoms with Gasteiger partial charge in [0.15, 0.2) is 0 Å².